The SMILES string of the molecule is CCOc1cc(/C=C2\C(=O)NC(=O)N(c3ccc([N+](=O)[O-])cc3)C2=O)cc(Cl)c1OCc1ccccc1. The molecule has 188 valence electrons. The number of nitro groups is 1. The Morgan fingerprint density at radius 3 is 2.38 bits per heavy atom. The number of barbiturate groups is 1. The summed E-state index contributed by atoms with van der Waals surface area (Å²) >= 11 is 6.48. The van der Waals surface area contributed by atoms with E-state index >= 15 is 0 Å². The van der Waals surface area contributed by atoms with Crippen LogP contribution in [-0.2, 0) is 16.2 Å². The molecular weight excluding hydrogens is 502 g/mol. The number of carbonyl (C=O) groups is 3. The molecule has 0 atom stereocenters. The topological polar surface area (TPSA) is 128 Å². The van der Waals surface area contributed by atoms with E-state index in [0.717, 1.165) is 22.6 Å². The number of nitrogens with one attached hydrogen (secondary N) is 1. The molecule has 11 heteroatoms. The normalized spacial score (nSPS) is 14.5. The molecule has 0 aromatic heterocycles. The fourth-order valence-electron chi connectivity index (χ4n) is 3.59. The van der Waals surface area contributed by atoms with Crippen LogP contribution in [0.4, 0.5) is 16.2 Å². The molecule has 1 aliphatic rings. The summed E-state index contributed by atoms with van der Waals surface area (Å²) in [7, 11) is 0. The minimum atomic E-state index is -0.973. The number of hydrogen-bond acceptors (Lipinski definition) is 7. The van der Waals surface area contributed by atoms with Crippen LogP contribution in [0.2, 0.25) is 5.02 Å². The van der Waals surface area contributed by atoms with Crippen molar-refractivity contribution in [3.63, 3.8) is 0 Å². The summed E-state index contributed by atoms with van der Waals surface area (Å²) in [6.07, 6.45) is 1.28. The van der Waals surface area contributed by atoms with E-state index < -0.39 is 22.8 Å². The number of rotatable bonds is 8. The highest BCUT2D eigenvalue weighted by Crippen LogP contribution is 2.38. The van der Waals surface area contributed by atoms with Crippen molar-refractivity contribution < 1.29 is 28.8 Å². The molecule has 0 bridgehead atoms. The lowest BCUT2D eigenvalue weighted by Gasteiger charge is -2.26. The maximum absolute atomic E-state index is 13.1. The van der Waals surface area contributed by atoms with Gasteiger partial charge in [0.05, 0.1) is 22.2 Å². The van der Waals surface area contributed by atoms with Crippen LogP contribution in [-0.4, -0.2) is 29.4 Å². The van der Waals surface area contributed by atoms with Crippen LogP contribution in [0.15, 0.2) is 72.3 Å². The smallest absolute Gasteiger partial charge is 0.335 e. The molecule has 1 heterocycles. The molecular formula is C26H20ClN3O7. The number of hydrogen-bond donors (Lipinski definition) is 1. The predicted octanol–water partition coefficient (Wildman–Crippen LogP) is 4.89. The molecule has 1 N–H and O–H groups in total. The van der Waals surface area contributed by atoms with Crippen LogP contribution in [0, 0.1) is 10.1 Å². The number of nitro benzene ring substituents is 1. The van der Waals surface area contributed by atoms with Gasteiger partial charge in [0.25, 0.3) is 17.5 Å². The van der Waals surface area contributed by atoms with Gasteiger partial charge >= 0.3 is 6.03 Å². The van der Waals surface area contributed by atoms with E-state index in [1.165, 1.54) is 24.3 Å². The molecule has 0 radical (unpaired) electrons. The zero-order valence-corrected chi connectivity index (χ0v) is 20.2. The van der Waals surface area contributed by atoms with Gasteiger partial charge in [-0.25, -0.2) is 9.69 Å². The Bertz CT molecular complexity index is 1410. The highest BCUT2D eigenvalue weighted by Gasteiger charge is 2.37. The molecule has 0 aliphatic carbocycles. The number of nitrogens with zero attached hydrogens (tertiary/aromatic N) is 2. The minimum absolute atomic E-state index is 0.0594. The fraction of sp³-hybridized carbons (Fsp3) is 0.115. The average Bonchev–Trinajstić information content (AvgIpc) is 2.87. The van der Waals surface area contributed by atoms with Crippen LogP contribution >= 0.6 is 11.6 Å². The molecule has 10 nitrogen and oxygen atoms in total. The Balaban J connectivity index is 1.65. The standard InChI is InChI=1S/C26H20ClN3O7/c1-2-36-22-14-17(13-21(27)23(22)37-15-16-6-4-3-5-7-16)12-20-24(31)28-26(33)29(25(20)32)18-8-10-19(11-9-18)30(34)35/h3-14H,2,15H2,1H3,(H,28,31,33)/b20-12+. The van der Waals surface area contributed by atoms with Crippen LogP contribution in [0.3, 0.4) is 0 Å². The van der Waals surface area contributed by atoms with Gasteiger partial charge in [-0.3, -0.25) is 25.0 Å². The van der Waals surface area contributed by atoms with Crippen LogP contribution in [0.25, 0.3) is 6.08 Å². The summed E-state index contributed by atoms with van der Waals surface area (Å²) in [6, 6.07) is 16.3. The number of anilines is 1. The number of ether oxygens (including phenoxy) is 2. The van der Waals surface area contributed by atoms with Crippen LogP contribution in [0.1, 0.15) is 18.1 Å². The number of carbonyl (C=O) groups excluding carboxylic acids is 3. The largest absolute Gasteiger partial charge is 0.490 e. The third kappa shape index (κ3) is 5.60. The number of benzene rings is 3. The van der Waals surface area contributed by atoms with Gasteiger partial charge in [-0.05, 0) is 48.4 Å². The van der Waals surface area contributed by atoms with Crippen molar-refractivity contribution in [3.8, 4) is 11.5 Å². The second-order valence-corrected chi connectivity index (χ2v) is 8.18. The minimum Gasteiger partial charge on any atom is -0.490 e. The van der Waals surface area contributed by atoms with Crippen molar-refractivity contribution in [3.05, 3.63) is 98.6 Å². The third-order valence-corrected chi connectivity index (χ3v) is 5.57. The number of amides is 4. The van der Waals surface area contributed by atoms with E-state index in [1.54, 1.807) is 13.0 Å². The first kappa shape index (κ1) is 25.4. The van der Waals surface area contributed by atoms with Crippen LogP contribution < -0.4 is 19.7 Å². The second-order valence-electron chi connectivity index (χ2n) is 7.77. The van der Waals surface area contributed by atoms with E-state index in [-0.39, 0.29) is 28.6 Å². The lowest BCUT2D eigenvalue weighted by atomic mass is 10.1. The lowest BCUT2D eigenvalue weighted by molar-refractivity contribution is -0.384. The van der Waals surface area contributed by atoms with Crippen molar-refractivity contribution in [2.75, 3.05) is 11.5 Å². The molecule has 3 aromatic carbocycles. The molecule has 4 amide bonds. The van der Waals surface area contributed by atoms with Crippen molar-refractivity contribution in [1.29, 1.82) is 0 Å². The van der Waals surface area contributed by atoms with Crippen molar-refractivity contribution in [1.82, 2.24) is 5.32 Å². The molecule has 1 saturated heterocycles. The second kappa shape index (κ2) is 10.9. The lowest BCUT2D eigenvalue weighted by Crippen LogP contribution is -2.54. The molecule has 1 aliphatic heterocycles. The van der Waals surface area contributed by atoms with Gasteiger partial charge < -0.3 is 9.47 Å². The Morgan fingerprint density at radius 1 is 1.03 bits per heavy atom. The fourth-order valence-corrected chi connectivity index (χ4v) is 3.86. The number of non-ortho nitro benzene ring substituents is 1. The number of halogens is 1. The van der Waals surface area contributed by atoms with Crippen molar-refractivity contribution in [2.24, 2.45) is 0 Å². The quantitative estimate of drug-likeness (QED) is 0.193. The molecule has 0 unspecified atom stereocenters. The number of imide groups is 2. The van der Waals surface area contributed by atoms with Crippen molar-refractivity contribution in [2.45, 2.75) is 13.5 Å². The van der Waals surface area contributed by atoms with E-state index in [4.69, 9.17) is 21.1 Å². The zero-order valence-electron chi connectivity index (χ0n) is 19.5. The van der Waals surface area contributed by atoms with Gasteiger partial charge in [0.2, 0.25) is 0 Å². The Labute approximate surface area is 216 Å². The Hall–Kier alpha value is -4.70. The van der Waals surface area contributed by atoms with E-state index in [2.05, 4.69) is 5.32 Å². The average molecular weight is 522 g/mol. The highest BCUT2D eigenvalue weighted by molar-refractivity contribution is 6.39. The molecule has 3 aromatic rings. The summed E-state index contributed by atoms with van der Waals surface area (Å²) in [5.41, 5.74) is 0.788. The molecule has 0 saturated carbocycles. The van der Waals surface area contributed by atoms with E-state index in [0.29, 0.717) is 23.7 Å². The first-order chi connectivity index (χ1) is 17.8. The van der Waals surface area contributed by atoms with Gasteiger partial charge in [0.15, 0.2) is 11.5 Å². The maximum Gasteiger partial charge on any atom is 0.335 e. The molecule has 4 rings (SSSR count). The summed E-state index contributed by atoms with van der Waals surface area (Å²) in [5, 5.41) is 13.2. The van der Waals surface area contributed by atoms with Crippen molar-refractivity contribution >= 4 is 46.9 Å². The molecule has 0 spiro atoms. The monoisotopic (exact) mass is 521 g/mol. The van der Waals surface area contributed by atoms with E-state index in [1.807, 2.05) is 30.3 Å². The summed E-state index contributed by atoms with van der Waals surface area (Å²) in [5.74, 6) is -1.19. The Kier molecular flexibility index (Phi) is 7.49. The Morgan fingerprint density at radius 2 is 1.73 bits per heavy atom. The van der Waals surface area contributed by atoms with Gasteiger partial charge in [0.1, 0.15) is 12.2 Å². The van der Waals surface area contributed by atoms with Crippen LogP contribution in [0.5, 0.6) is 11.5 Å². The first-order valence-corrected chi connectivity index (χ1v) is 11.4. The van der Waals surface area contributed by atoms with E-state index in [9.17, 15) is 24.5 Å². The third-order valence-electron chi connectivity index (χ3n) is 5.29. The predicted molar refractivity (Wildman–Crippen MR) is 135 cm³/mol. The summed E-state index contributed by atoms with van der Waals surface area (Å²) in [4.78, 5) is 49.1. The summed E-state index contributed by atoms with van der Waals surface area (Å²) in [6.45, 7) is 2.33. The summed E-state index contributed by atoms with van der Waals surface area (Å²) < 4.78 is 11.6. The molecule has 1 fully saturated rings. The maximum atomic E-state index is 13.1. The van der Waals surface area contributed by atoms with Gasteiger partial charge in [-0.1, -0.05) is 41.9 Å². The highest BCUT2D eigenvalue weighted by atomic mass is 35.5. The number of urea groups is 1. The zero-order chi connectivity index (χ0) is 26.5. The van der Waals surface area contributed by atoms with Gasteiger partial charge in [-0.15, -0.1) is 0 Å². The van der Waals surface area contributed by atoms with Gasteiger partial charge in [-0.2, -0.15) is 0 Å². The van der Waals surface area contributed by atoms with Gasteiger partial charge in [0, 0.05) is 12.1 Å². The first-order valence-electron chi connectivity index (χ1n) is 11.1. The molecule has 37 heavy (non-hydrogen) atoms.